The van der Waals surface area contributed by atoms with Gasteiger partial charge in [-0.15, -0.1) is 5.06 Å². The van der Waals surface area contributed by atoms with E-state index in [1.807, 2.05) is 45.0 Å². The summed E-state index contributed by atoms with van der Waals surface area (Å²) in [5.41, 5.74) is 2.05. The van der Waals surface area contributed by atoms with Gasteiger partial charge in [0.15, 0.2) is 5.12 Å². The molecule has 1 fully saturated rings. The van der Waals surface area contributed by atoms with Crippen LogP contribution in [-0.4, -0.2) is 78.1 Å². The van der Waals surface area contributed by atoms with Crippen LogP contribution in [0.3, 0.4) is 0 Å². The van der Waals surface area contributed by atoms with Crippen molar-refractivity contribution in [3.63, 3.8) is 0 Å². The van der Waals surface area contributed by atoms with Crippen LogP contribution in [0.5, 0.6) is 5.88 Å². The number of rotatable bonds is 8. The number of carbonyl (C=O) groups excluding carboxylic acids is 2. The SMILES string of the molecule is COCCC(=O)Sc1cc(-c2ccc3ncnc(N4CCN(OC(=O)C(C)(C)C)CC4)c3c2)cnc1OC. The Balaban J connectivity index is 1.57. The number of pyridine rings is 1. The van der Waals surface area contributed by atoms with Gasteiger partial charge in [0, 0.05) is 43.8 Å². The highest BCUT2D eigenvalue weighted by Crippen LogP contribution is 2.35. The fraction of sp³-hybridized carbons (Fsp3) is 0.444. The number of carbonyl (C=O) groups is 2. The largest absolute Gasteiger partial charge is 0.480 e. The molecule has 202 valence electrons. The van der Waals surface area contributed by atoms with Crippen LogP contribution in [0.25, 0.3) is 22.0 Å². The molecule has 0 aliphatic carbocycles. The van der Waals surface area contributed by atoms with E-state index in [2.05, 4.69) is 19.9 Å². The van der Waals surface area contributed by atoms with E-state index >= 15 is 0 Å². The van der Waals surface area contributed by atoms with Gasteiger partial charge in [-0.2, -0.15) is 0 Å². The highest BCUT2D eigenvalue weighted by molar-refractivity contribution is 8.13. The first-order valence-electron chi connectivity index (χ1n) is 12.4. The highest BCUT2D eigenvalue weighted by atomic mass is 32.2. The molecule has 0 saturated carbocycles. The van der Waals surface area contributed by atoms with Crippen LogP contribution < -0.4 is 9.64 Å². The topological polar surface area (TPSA) is 107 Å². The van der Waals surface area contributed by atoms with Gasteiger partial charge in [-0.05, 0) is 56.3 Å². The summed E-state index contributed by atoms with van der Waals surface area (Å²) in [6, 6.07) is 7.89. The van der Waals surface area contributed by atoms with Crippen LogP contribution in [0.15, 0.2) is 41.7 Å². The third-order valence-corrected chi connectivity index (χ3v) is 7.00. The van der Waals surface area contributed by atoms with Gasteiger partial charge in [0.2, 0.25) is 5.88 Å². The zero-order valence-electron chi connectivity index (χ0n) is 22.4. The number of anilines is 1. The summed E-state index contributed by atoms with van der Waals surface area (Å²) < 4.78 is 10.4. The van der Waals surface area contributed by atoms with Crippen LogP contribution in [0.1, 0.15) is 27.2 Å². The van der Waals surface area contributed by atoms with Crippen molar-refractivity contribution in [1.29, 1.82) is 0 Å². The number of hydroxylamine groups is 2. The van der Waals surface area contributed by atoms with Crippen LogP contribution in [-0.2, 0) is 19.2 Å². The summed E-state index contributed by atoms with van der Waals surface area (Å²) in [4.78, 5) is 46.5. The predicted octanol–water partition coefficient (Wildman–Crippen LogP) is 3.98. The summed E-state index contributed by atoms with van der Waals surface area (Å²) >= 11 is 1.10. The van der Waals surface area contributed by atoms with Crippen LogP contribution >= 0.6 is 11.8 Å². The molecule has 4 rings (SSSR count). The number of fused-ring (bicyclic) bond motifs is 1. The minimum atomic E-state index is -0.553. The Kier molecular flexibility index (Phi) is 8.80. The molecular weight excluding hydrogens is 506 g/mol. The van der Waals surface area contributed by atoms with E-state index in [-0.39, 0.29) is 11.1 Å². The van der Waals surface area contributed by atoms with Crippen molar-refractivity contribution >= 4 is 39.6 Å². The van der Waals surface area contributed by atoms with E-state index in [9.17, 15) is 9.59 Å². The zero-order valence-corrected chi connectivity index (χ0v) is 23.2. The van der Waals surface area contributed by atoms with Gasteiger partial charge >= 0.3 is 5.97 Å². The second kappa shape index (κ2) is 12.1. The van der Waals surface area contributed by atoms with Crippen molar-refractivity contribution in [1.82, 2.24) is 20.0 Å². The molecule has 10 nitrogen and oxygen atoms in total. The van der Waals surface area contributed by atoms with Crippen LogP contribution in [0.4, 0.5) is 5.82 Å². The van der Waals surface area contributed by atoms with E-state index < -0.39 is 5.41 Å². The van der Waals surface area contributed by atoms with E-state index in [1.165, 1.54) is 7.11 Å². The number of hydrogen-bond donors (Lipinski definition) is 0. The Morgan fingerprint density at radius 3 is 2.45 bits per heavy atom. The second-order valence-corrected chi connectivity index (χ2v) is 11.0. The lowest BCUT2D eigenvalue weighted by molar-refractivity contribution is -0.201. The van der Waals surface area contributed by atoms with E-state index in [4.69, 9.17) is 14.3 Å². The number of nitrogens with zero attached hydrogens (tertiary/aromatic N) is 5. The molecule has 0 radical (unpaired) electrons. The smallest absolute Gasteiger partial charge is 0.330 e. The van der Waals surface area contributed by atoms with E-state index in [0.29, 0.717) is 50.0 Å². The average Bonchev–Trinajstić information content (AvgIpc) is 2.91. The first kappa shape index (κ1) is 27.7. The number of thioether (sulfide) groups is 1. The maximum Gasteiger partial charge on any atom is 0.330 e. The third kappa shape index (κ3) is 6.58. The molecule has 0 amide bonds. The van der Waals surface area contributed by atoms with Crippen LogP contribution in [0.2, 0.25) is 0 Å². The molecule has 2 aromatic heterocycles. The number of methoxy groups -OCH3 is 2. The number of aromatic nitrogens is 3. The summed E-state index contributed by atoms with van der Waals surface area (Å²) in [5, 5.41) is 2.60. The summed E-state index contributed by atoms with van der Waals surface area (Å²) in [6.07, 6.45) is 3.60. The van der Waals surface area contributed by atoms with Gasteiger partial charge in [-0.25, -0.2) is 19.7 Å². The first-order chi connectivity index (χ1) is 18.2. The number of benzene rings is 1. The summed E-state index contributed by atoms with van der Waals surface area (Å²) in [5.74, 6) is 0.984. The Labute approximate surface area is 226 Å². The molecule has 1 aliphatic heterocycles. The highest BCUT2D eigenvalue weighted by Gasteiger charge is 2.28. The predicted molar refractivity (Wildman–Crippen MR) is 146 cm³/mol. The molecule has 1 aliphatic rings. The minimum Gasteiger partial charge on any atom is -0.480 e. The van der Waals surface area contributed by atoms with Gasteiger partial charge in [0.25, 0.3) is 0 Å². The van der Waals surface area contributed by atoms with Crippen LogP contribution in [0, 0.1) is 5.41 Å². The van der Waals surface area contributed by atoms with Gasteiger partial charge in [0.1, 0.15) is 12.1 Å². The maximum atomic E-state index is 12.4. The number of hydrogen-bond acceptors (Lipinski definition) is 11. The quantitative estimate of drug-likeness (QED) is 0.388. The van der Waals surface area contributed by atoms with Crippen molar-refractivity contribution in [2.45, 2.75) is 32.1 Å². The van der Waals surface area contributed by atoms with Gasteiger partial charge < -0.3 is 19.2 Å². The molecule has 0 spiro atoms. The fourth-order valence-electron chi connectivity index (χ4n) is 3.90. The molecule has 1 saturated heterocycles. The Hall–Kier alpha value is -3.28. The molecule has 0 N–H and O–H groups in total. The molecule has 0 atom stereocenters. The lowest BCUT2D eigenvalue weighted by atomic mass is 9.98. The zero-order chi connectivity index (χ0) is 27.3. The fourth-order valence-corrected chi connectivity index (χ4v) is 4.74. The Bertz CT molecular complexity index is 1300. The molecule has 0 bridgehead atoms. The monoisotopic (exact) mass is 539 g/mol. The lowest BCUT2D eigenvalue weighted by Crippen LogP contribution is -2.48. The third-order valence-electron chi connectivity index (χ3n) is 6.06. The normalized spacial score (nSPS) is 14.5. The van der Waals surface area contributed by atoms with Gasteiger partial charge in [-0.1, -0.05) is 6.07 Å². The molecule has 3 heterocycles. The van der Waals surface area contributed by atoms with Crippen molar-refractivity contribution in [3.8, 4) is 17.0 Å². The minimum absolute atomic E-state index is 0.0226. The second-order valence-electron chi connectivity index (χ2n) is 9.92. The number of ether oxygens (including phenoxy) is 2. The Morgan fingerprint density at radius 2 is 1.76 bits per heavy atom. The molecule has 38 heavy (non-hydrogen) atoms. The Morgan fingerprint density at radius 1 is 1.00 bits per heavy atom. The standard InChI is InChI=1S/C27H33N5O5S/c1-27(2,3)26(34)37-32-11-9-31(10-12-32)24-20-14-18(6-7-21(20)29-17-30-24)19-15-22(25(36-5)28-16-19)38-23(33)8-13-35-4/h6-7,14-17H,8-13H2,1-5H3. The van der Waals surface area contributed by atoms with Gasteiger partial charge in [0.05, 0.1) is 42.6 Å². The summed E-state index contributed by atoms with van der Waals surface area (Å²) in [7, 11) is 3.11. The molecule has 1 aromatic carbocycles. The van der Waals surface area contributed by atoms with E-state index in [0.717, 1.165) is 39.6 Å². The van der Waals surface area contributed by atoms with Crippen molar-refractivity contribution in [2.75, 3.05) is 51.9 Å². The van der Waals surface area contributed by atoms with Crippen molar-refractivity contribution < 1.29 is 23.9 Å². The molecule has 0 unspecified atom stereocenters. The molecular formula is C27H33N5O5S. The maximum absolute atomic E-state index is 12.4. The average molecular weight is 540 g/mol. The van der Waals surface area contributed by atoms with Gasteiger partial charge in [-0.3, -0.25) is 4.79 Å². The lowest BCUT2D eigenvalue weighted by Gasteiger charge is -2.35. The molecule has 3 aromatic rings. The van der Waals surface area contributed by atoms with Crippen molar-refractivity contribution in [3.05, 3.63) is 36.8 Å². The first-order valence-corrected chi connectivity index (χ1v) is 13.2. The van der Waals surface area contributed by atoms with E-state index in [1.54, 1.807) is 24.7 Å². The summed E-state index contributed by atoms with van der Waals surface area (Å²) in [6.45, 7) is 8.35. The molecule has 11 heteroatoms. The number of piperazine rings is 1. The van der Waals surface area contributed by atoms with Crippen molar-refractivity contribution in [2.24, 2.45) is 5.41 Å².